The van der Waals surface area contributed by atoms with Gasteiger partial charge in [-0.3, -0.25) is 14.5 Å². The van der Waals surface area contributed by atoms with Gasteiger partial charge in [-0.1, -0.05) is 29.3 Å². The van der Waals surface area contributed by atoms with E-state index in [0.717, 1.165) is 0 Å². The van der Waals surface area contributed by atoms with Gasteiger partial charge in [0.25, 0.3) is 5.78 Å². The SMILES string of the molecule is O=C1C(=O)N(c2nccs2)[C@H](c2ccc(Cl)c(Cl)c2)/C1=C(\O)c1ccc2c(c1)OCCO2. The van der Waals surface area contributed by atoms with Crippen molar-refractivity contribution >= 4 is 57.1 Å². The fraction of sp³-hybridized carbons (Fsp3) is 0.136. The minimum atomic E-state index is -0.941. The summed E-state index contributed by atoms with van der Waals surface area (Å²) in [7, 11) is 0. The Morgan fingerprint density at radius 3 is 2.56 bits per heavy atom. The molecule has 0 aliphatic carbocycles. The van der Waals surface area contributed by atoms with Crippen LogP contribution in [0.2, 0.25) is 10.0 Å². The van der Waals surface area contributed by atoms with E-state index >= 15 is 0 Å². The first-order chi connectivity index (χ1) is 15.5. The number of ketones is 1. The van der Waals surface area contributed by atoms with Gasteiger partial charge in [-0.15, -0.1) is 11.3 Å². The van der Waals surface area contributed by atoms with E-state index in [0.29, 0.717) is 46.0 Å². The van der Waals surface area contributed by atoms with Crippen LogP contribution in [0.5, 0.6) is 11.5 Å². The van der Waals surface area contributed by atoms with Crippen molar-refractivity contribution < 1.29 is 24.2 Å². The first-order valence-electron chi connectivity index (χ1n) is 9.51. The van der Waals surface area contributed by atoms with Gasteiger partial charge in [0.1, 0.15) is 19.0 Å². The zero-order chi connectivity index (χ0) is 22.4. The van der Waals surface area contributed by atoms with Crippen molar-refractivity contribution in [1.82, 2.24) is 4.98 Å². The van der Waals surface area contributed by atoms with E-state index in [1.807, 2.05) is 0 Å². The molecule has 162 valence electrons. The van der Waals surface area contributed by atoms with Crippen LogP contribution < -0.4 is 14.4 Å². The standard InChI is InChI=1S/C22H14Cl2N2O5S/c23-13-3-1-11(9-14(13)24)18-17(20(28)21(29)26(18)22-25-5-8-32-22)19(27)12-2-4-15-16(10-12)31-7-6-30-15/h1-5,8-10,18,27H,6-7H2/b19-17+/t18-/m1/s1. The van der Waals surface area contributed by atoms with Crippen molar-refractivity contribution in [1.29, 1.82) is 0 Å². The Kier molecular flexibility index (Phi) is 5.28. The van der Waals surface area contributed by atoms with Gasteiger partial charge in [0, 0.05) is 17.1 Å². The number of fused-ring (bicyclic) bond motifs is 1. The Labute approximate surface area is 196 Å². The van der Waals surface area contributed by atoms with Gasteiger partial charge in [0.2, 0.25) is 0 Å². The molecule has 2 aromatic carbocycles. The molecule has 1 saturated heterocycles. The van der Waals surface area contributed by atoms with E-state index in [1.54, 1.807) is 41.8 Å². The fourth-order valence-electron chi connectivity index (χ4n) is 3.71. The first-order valence-corrected chi connectivity index (χ1v) is 11.1. The van der Waals surface area contributed by atoms with Crippen LogP contribution >= 0.6 is 34.5 Å². The molecule has 1 atom stereocenters. The van der Waals surface area contributed by atoms with E-state index in [9.17, 15) is 14.7 Å². The number of aliphatic hydroxyl groups excluding tert-OH is 1. The minimum Gasteiger partial charge on any atom is -0.507 e. The molecule has 0 spiro atoms. The highest BCUT2D eigenvalue weighted by atomic mass is 35.5. The number of hydrogen-bond acceptors (Lipinski definition) is 7. The molecule has 0 bridgehead atoms. The summed E-state index contributed by atoms with van der Waals surface area (Å²) in [5.74, 6) is -0.980. The number of ether oxygens (including phenoxy) is 2. The predicted molar refractivity (Wildman–Crippen MR) is 121 cm³/mol. The van der Waals surface area contributed by atoms with Gasteiger partial charge in [-0.25, -0.2) is 4.98 Å². The molecule has 0 radical (unpaired) electrons. The summed E-state index contributed by atoms with van der Waals surface area (Å²) < 4.78 is 11.1. The molecular formula is C22H14Cl2N2O5S. The number of nitrogens with zero attached hydrogens (tertiary/aromatic N) is 2. The second kappa shape index (κ2) is 8.12. The third-order valence-electron chi connectivity index (χ3n) is 5.14. The molecule has 2 aliphatic heterocycles. The molecular weight excluding hydrogens is 475 g/mol. The van der Waals surface area contributed by atoms with Crippen LogP contribution in [-0.4, -0.2) is 35.0 Å². The Bertz CT molecular complexity index is 1280. The molecule has 5 rings (SSSR count). The number of hydrogen-bond donors (Lipinski definition) is 1. The molecule has 1 fully saturated rings. The van der Waals surface area contributed by atoms with Crippen LogP contribution in [0.4, 0.5) is 5.13 Å². The minimum absolute atomic E-state index is 0.0831. The molecule has 3 heterocycles. The first kappa shape index (κ1) is 20.8. The summed E-state index contributed by atoms with van der Waals surface area (Å²) in [5.41, 5.74) is 0.740. The summed E-state index contributed by atoms with van der Waals surface area (Å²) in [6, 6.07) is 8.68. The quantitative estimate of drug-likeness (QED) is 0.322. The highest BCUT2D eigenvalue weighted by Crippen LogP contribution is 2.44. The van der Waals surface area contributed by atoms with Crippen LogP contribution in [-0.2, 0) is 9.59 Å². The third-order valence-corrected chi connectivity index (χ3v) is 6.65. The van der Waals surface area contributed by atoms with E-state index in [2.05, 4.69) is 4.98 Å². The number of Topliss-reactive ketones (excluding diaryl/α,β-unsaturated/α-hetero) is 1. The fourth-order valence-corrected chi connectivity index (χ4v) is 4.68. The molecule has 2 aliphatic rings. The zero-order valence-corrected chi connectivity index (χ0v) is 18.6. The summed E-state index contributed by atoms with van der Waals surface area (Å²) in [5, 5.41) is 13.8. The van der Waals surface area contributed by atoms with E-state index in [4.69, 9.17) is 32.7 Å². The molecule has 0 saturated carbocycles. The van der Waals surface area contributed by atoms with Crippen LogP contribution in [0.15, 0.2) is 53.5 Å². The van der Waals surface area contributed by atoms with Gasteiger partial charge in [-0.05, 0) is 35.9 Å². The molecule has 1 amide bonds. The Morgan fingerprint density at radius 2 is 1.84 bits per heavy atom. The highest BCUT2D eigenvalue weighted by Gasteiger charge is 2.48. The molecule has 1 aromatic heterocycles. The van der Waals surface area contributed by atoms with Crippen LogP contribution in [0.1, 0.15) is 17.2 Å². The summed E-state index contributed by atoms with van der Waals surface area (Å²) in [6.45, 7) is 0.795. The topological polar surface area (TPSA) is 89.0 Å². The van der Waals surface area contributed by atoms with Crippen molar-refractivity contribution in [3.8, 4) is 11.5 Å². The van der Waals surface area contributed by atoms with Gasteiger partial charge in [0.15, 0.2) is 16.6 Å². The lowest BCUT2D eigenvalue weighted by molar-refractivity contribution is -0.132. The Hall–Kier alpha value is -3.07. The lowest BCUT2D eigenvalue weighted by Gasteiger charge is -2.23. The summed E-state index contributed by atoms with van der Waals surface area (Å²) >= 11 is 13.5. The number of carbonyl (C=O) groups excluding carboxylic acids is 2. The number of rotatable bonds is 3. The number of amides is 1. The lowest BCUT2D eigenvalue weighted by Crippen LogP contribution is -2.29. The van der Waals surface area contributed by atoms with Gasteiger partial charge in [-0.2, -0.15) is 0 Å². The summed E-state index contributed by atoms with van der Waals surface area (Å²) in [4.78, 5) is 31.6. The molecule has 7 nitrogen and oxygen atoms in total. The molecule has 3 aromatic rings. The second-order valence-electron chi connectivity index (χ2n) is 7.02. The van der Waals surface area contributed by atoms with Crippen LogP contribution in [0, 0.1) is 0 Å². The number of anilines is 1. The third kappa shape index (κ3) is 3.40. The largest absolute Gasteiger partial charge is 0.507 e. The second-order valence-corrected chi connectivity index (χ2v) is 8.70. The normalized spacial score (nSPS) is 19.4. The lowest BCUT2D eigenvalue weighted by atomic mass is 9.95. The number of aromatic nitrogens is 1. The van der Waals surface area contributed by atoms with Gasteiger partial charge < -0.3 is 14.6 Å². The smallest absolute Gasteiger partial charge is 0.301 e. The number of aliphatic hydroxyl groups is 1. The average Bonchev–Trinajstić information content (AvgIpc) is 3.42. The van der Waals surface area contributed by atoms with E-state index in [-0.39, 0.29) is 16.4 Å². The maximum atomic E-state index is 13.1. The number of thiazole rings is 1. The van der Waals surface area contributed by atoms with E-state index in [1.165, 1.54) is 22.4 Å². The molecule has 0 unspecified atom stereocenters. The van der Waals surface area contributed by atoms with Crippen molar-refractivity contribution in [2.45, 2.75) is 6.04 Å². The van der Waals surface area contributed by atoms with Crippen molar-refractivity contribution in [2.24, 2.45) is 0 Å². The maximum absolute atomic E-state index is 13.1. The van der Waals surface area contributed by atoms with Crippen LogP contribution in [0.25, 0.3) is 5.76 Å². The monoisotopic (exact) mass is 488 g/mol. The molecule has 1 N–H and O–H groups in total. The van der Waals surface area contributed by atoms with Gasteiger partial charge >= 0.3 is 5.91 Å². The number of carbonyl (C=O) groups is 2. The number of benzene rings is 2. The maximum Gasteiger partial charge on any atom is 0.301 e. The molecule has 32 heavy (non-hydrogen) atoms. The summed E-state index contributed by atoms with van der Waals surface area (Å²) in [6.07, 6.45) is 1.53. The Morgan fingerprint density at radius 1 is 1.06 bits per heavy atom. The van der Waals surface area contributed by atoms with Crippen LogP contribution in [0.3, 0.4) is 0 Å². The predicted octanol–water partition coefficient (Wildman–Crippen LogP) is 4.85. The van der Waals surface area contributed by atoms with Gasteiger partial charge in [0.05, 0.1) is 21.7 Å². The Balaban J connectivity index is 1.70. The number of halogens is 2. The van der Waals surface area contributed by atoms with Crippen molar-refractivity contribution in [3.63, 3.8) is 0 Å². The van der Waals surface area contributed by atoms with E-state index < -0.39 is 17.7 Å². The van der Waals surface area contributed by atoms with Crippen molar-refractivity contribution in [2.75, 3.05) is 18.1 Å². The average molecular weight is 489 g/mol. The van der Waals surface area contributed by atoms with Crippen molar-refractivity contribution in [3.05, 3.63) is 74.7 Å². The molecule has 10 heteroatoms. The highest BCUT2D eigenvalue weighted by molar-refractivity contribution is 7.14. The zero-order valence-electron chi connectivity index (χ0n) is 16.2.